The zero-order valence-electron chi connectivity index (χ0n) is 7.49. The van der Waals surface area contributed by atoms with Crippen LogP contribution in [0.2, 0.25) is 0 Å². The Morgan fingerprint density at radius 3 is 3.08 bits per heavy atom. The zero-order chi connectivity index (χ0) is 9.10. The molecule has 2 heterocycles. The normalized spacial score (nSPS) is 10.2. The fourth-order valence-corrected chi connectivity index (χ4v) is 1.21. The van der Waals surface area contributed by atoms with E-state index in [4.69, 9.17) is 0 Å². The summed E-state index contributed by atoms with van der Waals surface area (Å²) in [5.74, 6) is 1.03. The van der Waals surface area contributed by atoms with E-state index in [2.05, 4.69) is 15.4 Å². The topological polar surface area (TPSA) is 45.6 Å². The highest BCUT2D eigenvalue weighted by molar-refractivity contribution is 5.34. The number of H-pyrrole nitrogens is 1. The molecule has 68 valence electrons. The Morgan fingerprint density at radius 2 is 2.46 bits per heavy atom. The second kappa shape index (κ2) is 3.35. The van der Waals surface area contributed by atoms with Gasteiger partial charge in [0.15, 0.2) is 0 Å². The van der Waals surface area contributed by atoms with E-state index in [1.54, 1.807) is 6.20 Å². The van der Waals surface area contributed by atoms with Crippen molar-refractivity contribution in [3.63, 3.8) is 0 Å². The van der Waals surface area contributed by atoms with Crippen LogP contribution >= 0.6 is 0 Å². The molecule has 4 heteroatoms. The van der Waals surface area contributed by atoms with Gasteiger partial charge in [-0.15, -0.1) is 0 Å². The van der Waals surface area contributed by atoms with Crippen molar-refractivity contribution >= 4 is 5.82 Å². The third-order valence-corrected chi connectivity index (χ3v) is 1.96. The van der Waals surface area contributed by atoms with Crippen LogP contribution in [0.5, 0.6) is 0 Å². The van der Waals surface area contributed by atoms with Crippen LogP contribution in [0.25, 0.3) is 0 Å². The molecule has 0 aliphatic carbocycles. The molecule has 2 N–H and O–H groups in total. The van der Waals surface area contributed by atoms with Crippen molar-refractivity contribution in [2.24, 2.45) is 7.05 Å². The van der Waals surface area contributed by atoms with Crippen LogP contribution < -0.4 is 5.32 Å². The van der Waals surface area contributed by atoms with Crippen molar-refractivity contribution in [2.75, 3.05) is 5.32 Å². The lowest BCUT2D eigenvalue weighted by Gasteiger charge is -2.03. The first-order valence-corrected chi connectivity index (χ1v) is 4.20. The number of hydrogen-bond donors (Lipinski definition) is 2. The summed E-state index contributed by atoms with van der Waals surface area (Å²) < 4.78 is 1.81. The Bertz CT molecular complexity index is 361. The number of anilines is 1. The highest BCUT2D eigenvalue weighted by Crippen LogP contribution is 2.06. The van der Waals surface area contributed by atoms with E-state index in [9.17, 15) is 0 Å². The molecule has 0 aromatic carbocycles. The zero-order valence-corrected chi connectivity index (χ0v) is 7.49. The first-order valence-electron chi connectivity index (χ1n) is 4.20. The van der Waals surface area contributed by atoms with Gasteiger partial charge in [0.05, 0.1) is 6.20 Å². The van der Waals surface area contributed by atoms with Crippen LogP contribution in [0.3, 0.4) is 0 Å². The number of aromatic amines is 1. The number of aryl methyl sites for hydroxylation is 1. The van der Waals surface area contributed by atoms with Crippen molar-refractivity contribution in [3.05, 3.63) is 36.3 Å². The van der Waals surface area contributed by atoms with Crippen LogP contribution in [0.4, 0.5) is 5.82 Å². The largest absolute Gasteiger partial charge is 0.367 e. The quantitative estimate of drug-likeness (QED) is 0.741. The molecule has 0 bridgehead atoms. The smallest absolute Gasteiger partial charge is 0.124 e. The minimum absolute atomic E-state index is 0.822. The molecule has 2 rings (SSSR count). The summed E-state index contributed by atoms with van der Waals surface area (Å²) in [5.41, 5.74) is 1.24. The molecular formula is C9H12N4. The van der Waals surface area contributed by atoms with Crippen LogP contribution in [-0.2, 0) is 13.6 Å². The Kier molecular flexibility index (Phi) is 2.04. The molecule has 0 amide bonds. The van der Waals surface area contributed by atoms with Gasteiger partial charge in [0.1, 0.15) is 5.82 Å². The van der Waals surface area contributed by atoms with E-state index in [-0.39, 0.29) is 0 Å². The maximum absolute atomic E-state index is 4.06. The van der Waals surface area contributed by atoms with Gasteiger partial charge in [0.2, 0.25) is 0 Å². The predicted molar refractivity (Wildman–Crippen MR) is 51.3 cm³/mol. The Balaban J connectivity index is 1.97. The summed E-state index contributed by atoms with van der Waals surface area (Å²) in [4.78, 5) is 3.01. The van der Waals surface area contributed by atoms with Gasteiger partial charge in [0.25, 0.3) is 0 Å². The van der Waals surface area contributed by atoms with Crippen LogP contribution in [0, 0.1) is 0 Å². The van der Waals surface area contributed by atoms with Gasteiger partial charge in [-0.1, -0.05) is 0 Å². The minimum atomic E-state index is 0.822. The van der Waals surface area contributed by atoms with Crippen LogP contribution in [0.1, 0.15) is 5.56 Å². The van der Waals surface area contributed by atoms with Gasteiger partial charge in [0, 0.05) is 32.1 Å². The molecule has 13 heavy (non-hydrogen) atoms. The molecule has 0 spiro atoms. The Hall–Kier alpha value is -1.71. The van der Waals surface area contributed by atoms with Crippen molar-refractivity contribution in [1.29, 1.82) is 0 Å². The lowest BCUT2D eigenvalue weighted by Crippen LogP contribution is -2.03. The molecule has 4 nitrogen and oxygen atoms in total. The predicted octanol–water partition coefficient (Wildman–Crippen LogP) is 1.36. The molecule has 0 unspecified atom stereocenters. The summed E-state index contributed by atoms with van der Waals surface area (Å²) >= 11 is 0. The second-order valence-electron chi connectivity index (χ2n) is 2.91. The van der Waals surface area contributed by atoms with E-state index in [0.717, 1.165) is 12.4 Å². The number of hydrogen-bond acceptors (Lipinski definition) is 2. The monoisotopic (exact) mass is 176 g/mol. The van der Waals surface area contributed by atoms with Gasteiger partial charge in [-0.3, -0.25) is 4.68 Å². The summed E-state index contributed by atoms with van der Waals surface area (Å²) in [6.07, 6.45) is 5.67. The summed E-state index contributed by atoms with van der Waals surface area (Å²) in [6.45, 7) is 0.822. The molecule has 0 atom stereocenters. The fourth-order valence-electron chi connectivity index (χ4n) is 1.21. The van der Waals surface area contributed by atoms with E-state index in [1.165, 1.54) is 5.56 Å². The van der Waals surface area contributed by atoms with Crippen molar-refractivity contribution in [2.45, 2.75) is 6.54 Å². The molecule has 2 aromatic heterocycles. The maximum atomic E-state index is 4.06. The summed E-state index contributed by atoms with van der Waals surface area (Å²) in [5, 5.41) is 7.34. The van der Waals surface area contributed by atoms with Gasteiger partial charge in [-0.25, -0.2) is 0 Å². The van der Waals surface area contributed by atoms with Gasteiger partial charge in [-0.05, 0) is 11.6 Å². The maximum Gasteiger partial charge on any atom is 0.124 e. The lowest BCUT2D eigenvalue weighted by molar-refractivity contribution is 0.769. The molecule has 0 aliphatic rings. The van der Waals surface area contributed by atoms with E-state index in [1.807, 2.05) is 36.3 Å². The standard InChI is InChI=1S/C9H12N4/c1-13-9(3-5-12-13)11-7-8-2-4-10-6-8/h2-6,10-11H,7H2,1H3. The third-order valence-electron chi connectivity index (χ3n) is 1.96. The molecule has 0 saturated carbocycles. The summed E-state index contributed by atoms with van der Waals surface area (Å²) in [7, 11) is 1.92. The number of aromatic nitrogens is 3. The van der Waals surface area contributed by atoms with Gasteiger partial charge < -0.3 is 10.3 Å². The number of rotatable bonds is 3. The SMILES string of the molecule is Cn1nccc1NCc1cc[nH]c1. The molecule has 0 aliphatic heterocycles. The molecule has 2 aromatic rings. The molecular weight excluding hydrogens is 164 g/mol. The van der Waals surface area contributed by atoms with E-state index < -0.39 is 0 Å². The minimum Gasteiger partial charge on any atom is -0.367 e. The van der Waals surface area contributed by atoms with Crippen LogP contribution in [0.15, 0.2) is 30.7 Å². The lowest BCUT2D eigenvalue weighted by atomic mass is 10.3. The van der Waals surface area contributed by atoms with Crippen molar-refractivity contribution in [3.8, 4) is 0 Å². The summed E-state index contributed by atoms with van der Waals surface area (Å²) in [6, 6.07) is 4.00. The molecule has 0 saturated heterocycles. The average Bonchev–Trinajstić information content (AvgIpc) is 2.72. The number of nitrogens with one attached hydrogen (secondary N) is 2. The van der Waals surface area contributed by atoms with Gasteiger partial charge in [-0.2, -0.15) is 5.10 Å². The highest BCUT2D eigenvalue weighted by atomic mass is 15.3. The molecule has 0 radical (unpaired) electrons. The number of nitrogens with zero attached hydrogens (tertiary/aromatic N) is 2. The first kappa shape index (κ1) is 7.91. The highest BCUT2D eigenvalue weighted by Gasteiger charge is 1.96. The Morgan fingerprint density at radius 1 is 1.54 bits per heavy atom. The van der Waals surface area contributed by atoms with Crippen molar-refractivity contribution < 1.29 is 0 Å². The van der Waals surface area contributed by atoms with E-state index in [0.29, 0.717) is 0 Å². The van der Waals surface area contributed by atoms with Crippen molar-refractivity contribution in [1.82, 2.24) is 14.8 Å². The molecule has 0 fully saturated rings. The Labute approximate surface area is 76.6 Å². The van der Waals surface area contributed by atoms with Gasteiger partial charge >= 0.3 is 0 Å². The third kappa shape index (κ3) is 1.72. The van der Waals surface area contributed by atoms with E-state index >= 15 is 0 Å². The van der Waals surface area contributed by atoms with Crippen LogP contribution in [-0.4, -0.2) is 14.8 Å². The fraction of sp³-hybridized carbons (Fsp3) is 0.222. The second-order valence-corrected chi connectivity index (χ2v) is 2.91. The average molecular weight is 176 g/mol. The first-order chi connectivity index (χ1) is 6.36.